The van der Waals surface area contributed by atoms with Gasteiger partial charge in [0, 0.05) is 5.56 Å². The van der Waals surface area contributed by atoms with Crippen LogP contribution in [0.3, 0.4) is 0 Å². The Bertz CT molecular complexity index is 798. The van der Waals surface area contributed by atoms with E-state index < -0.39 is 23.4 Å². The van der Waals surface area contributed by atoms with Crippen molar-refractivity contribution >= 4 is 17.8 Å². The molecular formula is C21H24N2O4. The number of hydrogen-bond donors (Lipinski definition) is 0. The number of imide groups is 2. The summed E-state index contributed by atoms with van der Waals surface area (Å²) in [6, 6.07) is 6.83. The van der Waals surface area contributed by atoms with Gasteiger partial charge in [-0.3, -0.25) is 14.5 Å². The highest BCUT2D eigenvalue weighted by Crippen LogP contribution is 2.58. The number of hydrogen-bond acceptors (Lipinski definition) is 4. The first-order valence-corrected chi connectivity index (χ1v) is 9.82. The molecule has 1 aromatic rings. The van der Waals surface area contributed by atoms with Gasteiger partial charge in [-0.1, -0.05) is 18.2 Å². The van der Waals surface area contributed by atoms with Crippen molar-refractivity contribution in [3.8, 4) is 5.75 Å². The van der Waals surface area contributed by atoms with Crippen LogP contribution in [-0.4, -0.2) is 40.3 Å². The van der Waals surface area contributed by atoms with Crippen LogP contribution >= 0.6 is 0 Å². The molecule has 5 fully saturated rings. The van der Waals surface area contributed by atoms with Gasteiger partial charge in [0.05, 0.1) is 19.2 Å². The first kappa shape index (κ1) is 16.8. The number of amides is 4. The molecule has 6 heteroatoms. The van der Waals surface area contributed by atoms with Crippen LogP contribution in [0.15, 0.2) is 24.3 Å². The van der Waals surface area contributed by atoms with E-state index in [9.17, 15) is 14.4 Å². The first-order chi connectivity index (χ1) is 13.0. The number of rotatable bonds is 4. The number of benzene rings is 1. The molecule has 4 amide bonds. The Labute approximate surface area is 158 Å². The lowest BCUT2D eigenvalue weighted by Crippen LogP contribution is -2.61. The summed E-state index contributed by atoms with van der Waals surface area (Å²) < 4.78 is 5.33. The molecule has 0 spiro atoms. The van der Waals surface area contributed by atoms with Gasteiger partial charge in [0.25, 0.3) is 0 Å². The van der Waals surface area contributed by atoms with Gasteiger partial charge in [-0.25, -0.2) is 9.69 Å². The van der Waals surface area contributed by atoms with Crippen molar-refractivity contribution in [3.05, 3.63) is 29.8 Å². The van der Waals surface area contributed by atoms with Crippen molar-refractivity contribution in [2.75, 3.05) is 7.11 Å². The monoisotopic (exact) mass is 368 g/mol. The van der Waals surface area contributed by atoms with Crippen molar-refractivity contribution in [1.82, 2.24) is 9.80 Å². The minimum absolute atomic E-state index is 0.0658. The Morgan fingerprint density at radius 2 is 1.56 bits per heavy atom. The van der Waals surface area contributed by atoms with Gasteiger partial charge >= 0.3 is 17.8 Å². The van der Waals surface area contributed by atoms with E-state index in [2.05, 4.69) is 0 Å². The normalized spacial score (nSPS) is 34.7. The predicted octanol–water partition coefficient (Wildman–Crippen LogP) is 2.95. The van der Waals surface area contributed by atoms with Gasteiger partial charge in [0.1, 0.15) is 5.75 Å². The molecule has 0 unspecified atom stereocenters. The van der Waals surface area contributed by atoms with E-state index in [-0.39, 0.29) is 6.54 Å². The fraction of sp³-hybridized carbons (Fsp3) is 0.571. The van der Waals surface area contributed by atoms with Gasteiger partial charge in [0.2, 0.25) is 0 Å². The number of ether oxygens (including phenoxy) is 1. The third-order valence-corrected chi connectivity index (χ3v) is 7.05. The molecule has 6 nitrogen and oxygen atoms in total. The molecular weight excluding hydrogens is 344 g/mol. The van der Waals surface area contributed by atoms with Gasteiger partial charge in [-0.15, -0.1) is 0 Å². The highest BCUT2D eigenvalue weighted by Gasteiger charge is 2.61. The average Bonchev–Trinajstić information content (AvgIpc) is 2.85. The topological polar surface area (TPSA) is 66.9 Å². The number of methoxy groups -OCH3 is 1. The number of nitrogens with zero attached hydrogens (tertiary/aromatic N) is 2. The standard InChI is InChI=1S/C21H24N2O4/c1-27-17-5-3-2-4-16(17)12-22-18(24)19(25)23(20(22)26)21-9-13-6-14(10-21)8-15(7-13)11-21/h2-5,13-15H,6-12H2,1H3. The van der Waals surface area contributed by atoms with Crippen molar-refractivity contribution < 1.29 is 19.1 Å². The molecule has 6 rings (SSSR count). The van der Waals surface area contributed by atoms with E-state index in [0.29, 0.717) is 23.5 Å². The molecule has 4 aliphatic carbocycles. The Balaban J connectivity index is 1.45. The van der Waals surface area contributed by atoms with Crippen LogP contribution in [0.25, 0.3) is 0 Å². The minimum atomic E-state index is -0.707. The summed E-state index contributed by atoms with van der Waals surface area (Å²) in [5, 5.41) is 0. The Hall–Kier alpha value is -2.37. The molecule has 1 aromatic carbocycles. The van der Waals surface area contributed by atoms with Crippen molar-refractivity contribution in [3.63, 3.8) is 0 Å². The van der Waals surface area contributed by atoms with Crippen molar-refractivity contribution in [2.45, 2.75) is 50.6 Å². The minimum Gasteiger partial charge on any atom is -0.496 e. The molecule has 27 heavy (non-hydrogen) atoms. The Kier molecular flexibility index (Phi) is 3.61. The quantitative estimate of drug-likeness (QED) is 0.605. The summed E-state index contributed by atoms with van der Waals surface area (Å²) in [6.07, 6.45) is 6.25. The zero-order valence-corrected chi connectivity index (χ0v) is 15.5. The molecule has 0 aromatic heterocycles. The second kappa shape index (κ2) is 5.81. The summed E-state index contributed by atoms with van der Waals surface area (Å²) in [4.78, 5) is 41.2. The second-order valence-electron chi connectivity index (χ2n) is 8.77. The van der Waals surface area contributed by atoms with Crippen LogP contribution in [0, 0.1) is 17.8 Å². The molecule has 1 aliphatic heterocycles. The first-order valence-electron chi connectivity index (χ1n) is 9.82. The van der Waals surface area contributed by atoms with Gasteiger partial charge < -0.3 is 4.74 Å². The SMILES string of the molecule is COc1ccccc1CN1C(=O)C(=O)N(C23CC4CC(CC(C4)C2)C3)C1=O. The summed E-state index contributed by atoms with van der Waals surface area (Å²) >= 11 is 0. The lowest BCUT2D eigenvalue weighted by Gasteiger charge is -2.58. The van der Waals surface area contributed by atoms with Crippen LogP contribution in [0.5, 0.6) is 5.75 Å². The zero-order valence-electron chi connectivity index (χ0n) is 15.5. The van der Waals surface area contributed by atoms with E-state index in [4.69, 9.17) is 4.74 Å². The summed E-state index contributed by atoms with van der Waals surface area (Å²) in [6.45, 7) is 0.0658. The van der Waals surface area contributed by atoms with Crippen LogP contribution in [0.2, 0.25) is 0 Å². The molecule has 4 saturated carbocycles. The maximum absolute atomic E-state index is 13.2. The van der Waals surface area contributed by atoms with E-state index in [1.54, 1.807) is 13.2 Å². The molecule has 5 aliphatic rings. The number of urea groups is 1. The van der Waals surface area contributed by atoms with Crippen LogP contribution in [0.1, 0.15) is 44.1 Å². The molecule has 0 atom stereocenters. The third-order valence-electron chi connectivity index (χ3n) is 7.05. The smallest absolute Gasteiger partial charge is 0.335 e. The van der Waals surface area contributed by atoms with Crippen molar-refractivity contribution in [1.29, 1.82) is 0 Å². The fourth-order valence-corrected chi connectivity index (χ4v) is 6.41. The largest absolute Gasteiger partial charge is 0.496 e. The highest BCUT2D eigenvalue weighted by molar-refractivity contribution is 6.44. The molecule has 1 heterocycles. The van der Waals surface area contributed by atoms with Gasteiger partial charge in [-0.2, -0.15) is 0 Å². The number of carbonyl (C=O) groups excluding carboxylic acids is 3. The van der Waals surface area contributed by atoms with E-state index in [1.807, 2.05) is 18.2 Å². The summed E-state index contributed by atoms with van der Waals surface area (Å²) in [7, 11) is 1.55. The van der Waals surface area contributed by atoms with Gasteiger partial charge in [-0.05, 0) is 62.3 Å². The molecule has 0 radical (unpaired) electrons. The van der Waals surface area contributed by atoms with Crippen LogP contribution in [-0.2, 0) is 16.1 Å². The maximum atomic E-state index is 13.2. The lowest BCUT2D eigenvalue weighted by molar-refractivity contribution is -0.150. The second-order valence-corrected chi connectivity index (χ2v) is 8.77. The average molecular weight is 368 g/mol. The molecule has 0 N–H and O–H groups in total. The van der Waals surface area contributed by atoms with Gasteiger partial charge in [0.15, 0.2) is 0 Å². The molecule has 4 bridgehead atoms. The van der Waals surface area contributed by atoms with Crippen LogP contribution in [0.4, 0.5) is 4.79 Å². The fourth-order valence-electron chi connectivity index (χ4n) is 6.41. The van der Waals surface area contributed by atoms with E-state index in [1.165, 1.54) is 24.2 Å². The maximum Gasteiger partial charge on any atom is 0.335 e. The molecule has 142 valence electrons. The van der Waals surface area contributed by atoms with Crippen LogP contribution < -0.4 is 4.74 Å². The lowest BCUT2D eigenvalue weighted by atomic mass is 9.52. The summed E-state index contributed by atoms with van der Waals surface area (Å²) in [5.74, 6) is 1.04. The number of carbonyl (C=O) groups is 3. The number of para-hydroxylation sites is 1. The predicted molar refractivity (Wildman–Crippen MR) is 96.7 cm³/mol. The Morgan fingerprint density at radius 3 is 2.15 bits per heavy atom. The third kappa shape index (κ3) is 2.42. The summed E-state index contributed by atoms with van der Waals surface area (Å²) in [5.41, 5.74) is 0.288. The highest BCUT2D eigenvalue weighted by atomic mass is 16.5. The van der Waals surface area contributed by atoms with E-state index in [0.717, 1.165) is 29.7 Å². The van der Waals surface area contributed by atoms with Crippen molar-refractivity contribution in [2.24, 2.45) is 17.8 Å². The zero-order chi connectivity index (χ0) is 18.8. The Morgan fingerprint density at radius 1 is 0.963 bits per heavy atom. The van der Waals surface area contributed by atoms with E-state index >= 15 is 0 Å². The molecule has 1 saturated heterocycles.